The van der Waals surface area contributed by atoms with Crippen LogP contribution in [0.4, 0.5) is 0 Å². The highest BCUT2D eigenvalue weighted by atomic mass is 79.9. The molecule has 0 amide bonds. The van der Waals surface area contributed by atoms with Gasteiger partial charge in [0.25, 0.3) is 0 Å². The van der Waals surface area contributed by atoms with Crippen molar-refractivity contribution in [3.05, 3.63) is 33.7 Å². The summed E-state index contributed by atoms with van der Waals surface area (Å²) < 4.78 is 3.36. The average Bonchev–Trinajstić information content (AvgIpc) is 2.48. The fourth-order valence-corrected chi connectivity index (χ4v) is 2.17. The minimum absolute atomic E-state index is 1.02. The second-order valence-electron chi connectivity index (χ2n) is 3.46. The van der Waals surface area contributed by atoms with E-state index in [2.05, 4.69) is 52.2 Å². The normalized spacial score (nSPS) is 11.1. The van der Waals surface area contributed by atoms with Crippen LogP contribution in [0.2, 0.25) is 0 Å². The van der Waals surface area contributed by atoms with Crippen molar-refractivity contribution < 1.29 is 0 Å². The predicted octanol–water partition coefficient (Wildman–Crippen LogP) is 3.28. The van der Waals surface area contributed by atoms with E-state index in [9.17, 15) is 0 Å². The summed E-state index contributed by atoms with van der Waals surface area (Å²) in [5, 5.41) is 0. The van der Waals surface area contributed by atoms with E-state index in [1.165, 1.54) is 11.4 Å². The lowest BCUT2D eigenvalue weighted by atomic mass is 10.2. The van der Waals surface area contributed by atoms with E-state index in [4.69, 9.17) is 0 Å². The van der Waals surface area contributed by atoms with E-state index in [0.29, 0.717) is 0 Å². The van der Waals surface area contributed by atoms with Crippen LogP contribution < -0.4 is 0 Å². The number of fused-ring (bicyclic) bond motifs is 1. The van der Waals surface area contributed by atoms with Crippen LogP contribution in [0.1, 0.15) is 24.0 Å². The molecule has 0 bridgehead atoms. The molecule has 0 unspecified atom stereocenters. The van der Waals surface area contributed by atoms with Crippen molar-refractivity contribution in [3.8, 4) is 0 Å². The lowest BCUT2D eigenvalue weighted by Gasteiger charge is -2.05. The van der Waals surface area contributed by atoms with Crippen LogP contribution in [0.5, 0.6) is 0 Å². The zero-order valence-corrected chi connectivity index (χ0v) is 10.2. The van der Waals surface area contributed by atoms with Crippen LogP contribution in [-0.2, 0) is 6.42 Å². The van der Waals surface area contributed by atoms with Gasteiger partial charge in [0, 0.05) is 15.9 Å². The van der Waals surface area contributed by atoms with E-state index < -0.39 is 0 Å². The first-order valence-corrected chi connectivity index (χ1v) is 5.57. The Balaban J connectivity index is 2.90. The van der Waals surface area contributed by atoms with Crippen LogP contribution in [0.3, 0.4) is 0 Å². The van der Waals surface area contributed by atoms with Gasteiger partial charge in [0.2, 0.25) is 0 Å². The van der Waals surface area contributed by atoms with Crippen molar-refractivity contribution in [1.82, 2.24) is 9.38 Å². The SMILES string of the molecule is CCc1c(C)nc2ccc(Br)c(C)n12. The summed E-state index contributed by atoms with van der Waals surface area (Å²) in [6, 6.07) is 4.10. The van der Waals surface area contributed by atoms with Crippen molar-refractivity contribution in [2.45, 2.75) is 27.2 Å². The molecular weight excluding hydrogens is 240 g/mol. The van der Waals surface area contributed by atoms with Crippen molar-refractivity contribution in [2.24, 2.45) is 0 Å². The molecule has 0 spiro atoms. The molecule has 0 radical (unpaired) electrons. The maximum Gasteiger partial charge on any atom is 0.137 e. The number of halogens is 1. The van der Waals surface area contributed by atoms with Crippen molar-refractivity contribution in [1.29, 1.82) is 0 Å². The standard InChI is InChI=1S/C11H13BrN2/c1-4-10-7(2)13-11-6-5-9(12)8(3)14(10)11/h5-6H,4H2,1-3H3. The van der Waals surface area contributed by atoms with Gasteiger partial charge in [0.1, 0.15) is 5.65 Å². The minimum Gasteiger partial charge on any atom is -0.300 e. The number of aryl methyl sites for hydroxylation is 3. The van der Waals surface area contributed by atoms with Crippen molar-refractivity contribution >= 4 is 21.6 Å². The number of hydrogen-bond acceptors (Lipinski definition) is 1. The fourth-order valence-electron chi connectivity index (χ4n) is 1.86. The molecule has 0 saturated heterocycles. The number of imidazole rings is 1. The lowest BCUT2D eigenvalue weighted by Crippen LogP contribution is -1.97. The van der Waals surface area contributed by atoms with Gasteiger partial charge in [-0.15, -0.1) is 0 Å². The molecule has 0 aliphatic rings. The minimum atomic E-state index is 1.02. The maximum absolute atomic E-state index is 4.53. The number of hydrogen-bond donors (Lipinski definition) is 0. The molecule has 0 fully saturated rings. The second-order valence-corrected chi connectivity index (χ2v) is 4.31. The zero-order chi connectivity index (χ0) is 10.3. The number of nitrogens with zero attached hydrogens (tertiary/aromatic N) is 2. The Morgan fingerprint density at radius 2 is 2.07 bits per heavy atom. The fraction of sp³-hybridized carbons (Fsp3) is 0.364. The highest BCUT2D eigenvalue weighted by Crippen LogP contribution is 2.21. The van der Waals surface area contributed by atoms with Gasteiger partial charge >= 0.3 is 0 Å². The lowest BCUT2D eigenvalue weighted by molar-refractivity contribution is 0.942. The van der Waals surface area contributed by atoms with Gasteiger partial charge in [0.15, 0.2) is 0 Å². The first kappa shape index (κ1) is 9.71. The third kappa shape index (κ3) is 1.27. The molecule has 0 N–H and O–H groups in total. The zero-order valence-electron chi connectivity index (χ0n) is 8.63. The Labute approximate surface area is 92.1 Å². The number of pyridine rings is 1. The third-order valence-corrected chi connectivity index (χ3v) is 3.43. The van der Waals surface area contributed by atoms with Gasteiger partial charge in [-0.05, 0) is 48.3 Å². The Morgan fingerprint density at radius 1 is 1.36 bits per heavy atom. The van der Waals surface area contributed by atoms with Gasteiger partial charge < -0.3 is 0 Å². The molecule has 3 heteroatoms. The summed E-state index contributed by atoms with van der Waals surface area (Å²) in [5.41, 5.74) is 4.70. The smallest absolute Gasteiger partial charge is 0.137 e. The predicted molar refractivity (Wildman–Crippen MR) is 61.7 cm³/mol. The van der Waals surface area contributed by atoms with E-state index in [1.807, 2.05) is 6.07 Å². The molecule has 0 aliphatic carbocycles. The first-order chi connectivity index (χ1) is 6.65. The van der Waals surface area contributed by atoms with E-state index in [1.54, 1.807) is 0 Å². The molecular formula is C11H13BrN2. The van der Waals surface area contributed by atoms with Crippen LogP contribution in [0.25, 0.3) is 5.65 Å². The summed E-state index contributed by atoms with van der Waals surface area (Å²) in [7, 11) is 0. The van der Waals surface area contributed by atoms with Crippen LogP contribution >= 0.6 is 15.9 Å². The molecule has 2 nitrogen and oxygen atoms in total. The summed E-state index contributed by atoms with van der Waals surface area (Å²) >= 11 is 3.54. The Hall–Kier alpha value is -0.830. The summed E-state index contributed by atoms with van der Waals surface area (Å²) in [6.07, 6.45) is 1.02. The van der Waals surface area contributed by atoms with Gasteiger partial charge in [-0.1, -0.05) is 6.92 Å². The Morgan fingerprint density at radius 3 is 2.71 bits per heavy atom. The highest BCUT2D eigenvalue weighted by Gasteiger charge is 2.09. The molecule has 2 rings (SSSR count). The van der Waals surface area contributed by atoms with E-state index >= 15 is 0 Å². The van der Waals surface area contributed by atoms with Gasteiger partial charge in [0.05, 0.1) is 5.69 Å². The van der Waals surface area contributed by atoms with Crippen molar-refractivity contribution in [2.75, 3.05) is 0 Å². The van der Waals surface area contributed by atoms with Gasteiger partial charge in [-0.25, -0.2) is 4.98 Å². The monoisotopic (exact) mass is 252 g/mol. The molecule has 2 aromatic rings. The average molecular weight is 253 g/mol. The van der Waals surface area contributed by atoms with Gasteiger partial charge in [-0.2, -0.15) is 0 Å². The van der Waals surface area contributed by atoms with Crippen LogP contribution in [-0.4, -0.2) is 9.38 Å². The maximum atomic E-state index is 4.53. The summed E-state index contributed by atoms with van der Waals surface area (Å²) in [6.45, 7) is 6.34. The second kappa shape index (κ2) is 3.39. The first-order valence-electron chi connectivity index (χ1n) is 4.78. The molecule has 0 aliphatic heterocycles. The number of aromatic nitrogens is 2. The van der Waals surface area contributed by atoms with E-state index in [-0.39, 0.29) is 0 Å². The van der Waals surface area contributed by atoms with Crippen LogP contribution in [0, 0.1) is 13.8 Å². The molecule has 0 aromatic carbocycles. The Kier molecular flexibility index (Phi) is 2.35. The van der Waals surface area contributed by atoms with Crippen molar-refractivity contribution in [3.63, 3.8) is 0 Å². The molecule has 74 valence electrons. The van der Waals surface area contributed by atoms with E-state index in [0.717, 1.165) is 22.2 Å². The summed E-state index contributed by atoms with van der Waals surface area (Å²) in [4.78, 5) is 4.53. The summed E-state index contributed by atoms with van der Waals surface area (Å²) in [5.74, 6) is 0. The molecule has 2 heterocycles. The Bertz CT molecular complexity index is 485. The molecule has 0 saturated carbocycles. The molecule has 0 atom stereocenters. The highest BCUT2D eigenvalue weighted by molar-refractivity contribution is 9.10. The third-order valence-electron chi connectivity index (χ3n) is 2.59. The topological polar surface area (TPSA) is 17.3 Å². The molecule has 2 aromatic heterocycles. The van der Waals surface area contributed by atoms with Crippen LogP contribution in [0.15, 0.2) is 16.6 Å². The number of rotatable bonds is 1. The molecule has 14 heavy (non-hydrogen) atoms. The quantitative estimate of drug-likeness (QED) is 0.762. The largest absolute Gasteiger partial charge is 0.300 e. The van der Waals surface area contributed by atoms with Gasteiger partial charge in [-0.3, -0.25) is 4.40 Å².